The Morgan fingerprint density at radius 1 is 1.00 bits per heavy atom. The van der Waals surface area contributed by atoms with Gasteiger partial charge in [-0.3, -0.25) is 4.79 Å². The van der Waals surface area contributed by atoms with Crippen molar-refractivity contribution in [3.8, 4) is 11.5 Å². The Hall–Kier alpha value is -3.71. The SMILES string of the molecule is O=C1C[C@@H](c2cccs2)CC2=C1[C@@H](c1cccc(Oc3ccccc3)c1)n1ncnc1N2. The third-order valence-corrected chi connectivity index (χ3v) is 6.99. The highest BCUT2D eigenvalue weighted by molar-refractivity contribution is 7.10. The predicted molar refractivity (Wildman–Crippen MR) is 123 cm³/mol. The lowest BCUT2D eigenvalue weighted by atomic mass is 9.80. The number of Topliss-reactive ketones (excluding diaryl/α,β-unsaturated/α-hetero) is 1. The third kappa shape index (κ3) is 3.31. The molecule has 2 aromatic heterocycles. The first-order chi connectivity index (χ1) is 15.8. The molecule has 0 fully saturated rings. The number of para-hydroxylation sites is 1. The molecule has 0 saturated heterocycles. The smallest absolute Gasteiger partial charge is 0.226 e. The fraction of sp³-hybridized carbons (Fsp3) is 0.160. The molecular weight excluding hydrogens is 420 g/mol. The van der Waals surface area contributed by atoms with Gasteiger partial charge in [0, 0.05) is 28.5 Å². The minimum atomic E-state index is -0.333. The van der Waals surface area contributed by atoms with E-state index in [4.69, 9.17) is 4.74 Å². The van der Waals surface area contributed by atoms with E-state index in [0.29, 0.717) is 12.4 Å². The van der Waals surface area contributed by atoms with Crippen LogP contribution < -0.4 is 10.1 Å². The molecule has 1 N–H and O–H groups in total. The Labute approximate surface area is 189 Å². The van der Waals surface area contributed by atoms with Crippen LogP contribution in [-0.2, 0) is 4.79 Å². The van der Waals surface area contributed by atoms with E-state index in [1.165, 1.54) is 11.2 Å². The van der Waals surface area contributed by atoms with Gasteiger partial charge in [-0.2, -0.15) is 10.1 Å². The second-order valence-corrected chi connectivity index (χ2v) is 8.96. The number of aromatic nitrogens is 3. The van der Waals surface area contributed by atoms with Gasteiger partial charge in [-0.05, 0) is 47.7 Å². The van der Waals surface area contributed by atoms with Crippen LogP contribution in [0.15, 0.2) is 89.7 Å². The zero-order valence-electron chi connectivity index (χ0n) is 17.1. The van der Waals surface area contributed by atoms with Gasteiger partial charge in [0.15, 0.2) is 5.78 Å². The minimum Gasteiger partial charge on any atom is -0.457 e. The van der Waals surface area contributed by atoms with Gasteiger partial charge in [0.05, 0.1) is 0 Å². The van der Waals surface area contributed by atoms with Crippen LogP contribution in [0.3, 0.4) is 0 Å². The molecule has 0 spiro atoms. The van der Waals surface area contributed by atoms with Gasteiger partial charge in [-0.1, -0.05) is 36.4 Å². The van der Waals surface area contributed by atoms with Crippen molar-refractivity contribution in [3.63, 3.8) is 0 Å². The first-order valence-electron chi connectivity index (χ1n) is 10.6. The number of ketones is 1. The summed E-state index contributed by atoms with van der Waals surface area (Å²) < 4.78 is 7.84. The van der Waals surface area contributed by atoms with Crippen LogP contribution >= 0.6 is 11.3 Å². The zero-order valence-corrected chi connectivity index (χ0v) is 18.0. The van der Waals surface area contributed by atoms with Gasteiger partial charge in [-0.15, -0.1) is 11.3 Å². The summed E-state index contributed by atoms with van der Waals surface area (Å²) in [5.41, 5.74) is 2.66. The lowest BCUT2D eigenvalue weighted by molar-refractivity contribution is -0.116. The molecule has 158 valence electrons. The minimum absolute atomic E-state index is 0.151. The van der Waals surface area contributed by atoms with Crippen molar-refractivity contribution in [3.05, 3.63) is 100 Å². The van der Waals surface area contributed by atoms with Crippen molar-refractivity contribution in [2.75, 3.05) is 5.32 Å². The average Bonchev–Trinajstić information content (AvgIpc) is 3.51. The maximum atomic E-state index is 13.4. The predicted octanol–water partition coefficient (Wildman–Crippen LogP) is 5.55. The number of benzene rings is 2. The number of anilines is 1. The standard InChI is InChI=1S/C25H20N4O2S/c30-21-14-17(22-10-5-11-32-22)13-20-23(21)24(29-25(28-20)26-15-27-29)16-6-4-9-19(12-16)31-18-7-2-1-3-8-18/h1-12,15,17,24H,13-14H2,(H,26,27,28)/t17-,24+/m0/s1. The van der Waals surface area contributed by atoms with Crippen molar-refractivity contribution in [2.45, 2.75) is 24.8 Å². The highest BCUT2D eigenvalue weighted by atomic mass is 32.1. The van der Waals surface area contributed by atoms with Gasteiger partial charge in [0.25, 0.3) is 0 Å². The first-order valence-corrected chi connectivity index (χ1v) is 11.4. The van der Waals surface area contributed by atoms with Crippen molar-refractivity contribution < 1.29 is 9.53 Å². The molecule has 1 aliphatic carbocycles. The first kappa shape index (κ1) is 19.0. The Kier molecular flexibility index (Phi) is 4.61. The summed E-state index contributed by atoms with van der Waals surface area (Å²) >= 11 is 1.71. The van der Waals surface area contributed by atoms with E-state index in [1.807, 2.05) is 60.7 Å². The second-order valence-electron chi connectivity index (χ2n) is 7.98. The number of rotatable bonds is 4. The number of allylic oxidation sites excluding steroid dienone is 2. The largest absolute Gasteiger partial charge is 0.457 e. The Bertz CT molecular complexity index is 1310. The fourth-order valence-electron chi connectivity index (χ4n) is 4.56. The lowest BCUT2D eigenvalue weighted by Crippen LogP contribution is -2.33. The van der Waals surface area contributed by atoms with Gasteiger partial charge in [-0.25, -0.2) is 4.68 Å². The number of hydrogen-bond acceptors (Lipinski definition) is 6. The van der Waals surface area contributed by atoms with Gasteiger partial charge in [0.2, 0.25) is 5.95 Å². The van der Waals surface area contributed by atoms with E-state index < -0.39 is 0 Å². The Morgan fingerprint density at radius 3 is 2.72 bits per heavy atom. The molecule has 0 saturated carbocycles. The number of fused-ring (bicyclic) bond motifs is 1. The number of nitrogens with zero attached hydrogens (tertiary/aromatic N) is 3. The van der Waals surface area contributed by atoms with E-state index in [2.05, 4.69) is 26.8 Å². The molecule has 0 radical (unpaired) electrons. The number of carbonyl (C=O) groups excluding carboxylic acids is 1. The Morgan fingerprint density at radius 2 is 1.88 bits per heavy atom. The fourth-order valence-corrected chi connectivity index (χ4v) is 5.39. The summed E-state index contributed by atoms with van der Waals surface area (Å²) in [6, 6.07) is 21.4. The third-order valence-electron chi connectivity index (χ3n) is 5.96. The lowest BCUT2D eigenvalue weighted by Gasteiger charge is -2.34. The molecule has 7 heteroatoms. The number of hydrogen-bond donors (Lipinski definition) is 1. The zero-order chi connectivity index (χ0) is 21.5. The molecule has 0 unspecified atom stereocenters. The summed E-state index contributed by atoms with van der Waals surface area (Å²) in [6.45, 7) is 0. The summed E-state index contributed by atoms with van der Waals surface area (Å²) in [6.07, 6.45) is 2.81. The molecule has 3 heterocycles. The van der Waals surface area contributed by atoms with E-state index in [9.17, 15) is 4.79 Å². The molecular formula is C25H20N4O2S. The highest BCUT2D eigenvalue weighted by Crippen LogP contribution is 2.45. The van der Waals surface area contributed by atoms with Crippen molar-refractivity contribution in [1.29, 1.82) is 0 Å². The maximum Gasteiger partial charge on any atom is 0.226 e. The van der Waals surface area contributed by atoms with Crippen LogP contribution in [0.2, 0.25) is 0 Å². The highest BCUT2D eigenvalue weighted by Gasteiger charge is 2.39. The summed E-state index contributed by atoms with van der Waals surface area (Å²) in [5, 5.41) is 9.88. The number of thiophene rings is 1. The maximum absolute atomic E-state index is 13.4. The van der Waals surface area contributed by atoms with E-state index >= 15 is 0 Å². The molecule has 1 aliphatic heterocycles. The van der Waals surface area contributed by atoms with Gasteiger partial charge in [0.1, 0.15) is 23.9 Å². The van der Waals surface area contributed by atoms with E-state index in [-0.39, 0.29) is 17.7 Å². The van der Waals surface area contributed by atoms with Crippen LogP contribution in [-0.4, -0.2) is 20.5 Å². The Balaban J connectivity index is 1.40. The number of carbonyl (C=O) groups is 1. The van der Waals surface area contributed by atoms with Gasteiger partial charge >= 0.3 is 0 Å². The second kappa shape index (κ2) is 7.76. The van der Waals surface area contributed by atoms with Crippen molar-refractivity contribution in [1.82, 2.24) is 14.8 Å². The van der Waals surface area contributed by atoms with Crippen LogP contribution in [0.5, 0.6) is 11.5 Å². The quantitative estimate of drug-likeness (QED) is 0.451. The average molecular weight is 441 g/mol. The van der Waals surface area contributed by atoms with Crippen LogP contribution in [0.25, 0.3) is 0 Å². The molecule has 32 heavy (non-hydrogen) atoms. The van der Waals surface area contributed by atoms with E-state index in [0.717, 1.165) is 34.8 Å². The number of nitrogens with one attached hydrogen (secondary N) is 1. The topological polar surface area (TPSA) is 69.0 Å². The molecule has 0 bridgehead atoms. The van der Waals surface area contributed by atoms with Crippen molar-refractivity contribution in [2.24, 2.45) is 0 Å². The van der Waals surface area contributed by atoms with E-state index in [1.54, 1.807) is 16.0 Å². The molecule has 2 aromatic carbocycles. The monoisotopic (exact) mass is 440 g/mol. The van der Waals surface area contributed by atoms with Crippen LogP contribution in [0.4, 0.5) is 5.95 Å². The van der Waals surface area contributed by atoms with Crippen LogP contribution in [0, 0.1) is 0 Å². The molecule has 0 amide bonds. The summed E-state index contributed by atoms with van der Waals surface area (Å²) in [7, 11) is 0. The molecule has 2 atom stereocenters. The summed E-state index contributed by atoms with van der Waals surface area (Å²) in [5.74, 6) is 2.48. The summed E-state index contributed by atoms with van der Waals surface area (Å²) in [4.78, 5) is 19.1. The molecule has 6 rings (SSSR count). The molecule has 4 aromatic rings. The van der Waals surface area contributed by atoms with Gasteiger partial charge < -0.3 is 10.1 Å². The van der Waals surface area contributed by atoms with Crippen molar-refractivity contribution >= 4 is 23.1 Å². The molecule has 6 nitrogen and oxygen atoms in total. The normalized spacial score (nSPS) is 19.8. The number of ether oxygens (including phenoxy) is 1. The van der Waals surface area contributed by atoms with Crippen LogP contribution in [0.1, 0.15) is 35.2 Å². The molecule has 2 aliphatic rings.